The number of pyridine rings is 1. The van der Waals surface area contributed by atoms with Gasteiger partial charge in [0.1, 0.15) is 0 Å². The lowest BCUT2D eigenvalue weighted by Gasteiger charge is -2.16. The minimum Gasteiger partial charge on any atom is -0.376 e. The Hall–Kier alpha value is -1.54. The van der Waals surface area contributed by atoms with Crippen LogP contribution in [0.1, 0.15) is 43.9 Å². The van der Waals surface area contributed by atoms with Gasteiger partial charge < -0.3 is 5.32 Å². The maximum atomic E-state index is 6.14. The minimum absolute atomic E-state index is 0.205. The van der Waals surface area contributed by atoms with Crippen molar-refractivity contribution in [2.24, 2.45) is 0 Å². The summed E-state index contributed by atoms with van der Waals surface area (Å²) in [4.78, 5) is 4.09. The van der Waals surface area contributed by atoms with E-state index in [0.717, 1.165) is 12.1 Å². The topological polar surface area (TPSA) is 24.9 Å². The second kappa shape index (κ2) is 7.30. The first-order valence-electron chi connectivity index (χ1n) is 7.15. The van der Waals surface area contributed by atoms with Gasteiger partial charge in [-0.25, -0.2) is 0 Å². The molecule has 0 aliphatic heterocycles. The Bertz CT molecular complexity index is 537. The highest BCUT2D eigenvalue weighted by atomic mass is 35.5. The number of hydrogen-bond acceptors (Lipinski definition) is 2. The molecule has 0 saturated carbocycles. The highest BCUT2D eigenvalue weighted by molar-refractivity contribution is 6.33. The quantitative estimate of drug-likeness (QED) is 0.785. The van der Waals surface area contributed by atoms with Crippen molar-refractivity contribution < 1.29 is 0 Å². The molecule has 0 fully saturated rings. The second-order valence-electron chi connectivity index (χ2n) is 5.07. The molecule has 1 heterocycles. The van der Waals surface area contributed by atoms with Crippen LogP contribution in [0.25, 0.3) is 0 Å². The molecule has 2 aromatic rings. The van der Waals surface area contributed by atoms with E-state index in [-0.39, 0.29) is 6.04 Å². The zero-order valence-corrected chi connectivity index (χ0v) is 12.8. The second-order valence-corrected chi connectivity index (χ2v) is 5.47. The lowest BCUT2D eigenvalue weighted by molar-refractivity contribution is 0.793. The summed E-state index contributed by atoms with van der Waals surface area (Å²) in [7, 11) is 0. The highest BCUT2D eigenvalue weighted by Gasteiger charge is 2.07. The van der Waals surface area contributed by atoms with Gasteiger partial charge in [-0.2, -0.15) is 0 Å². The maximum absolute atomic E-state index is 6.14. The summed E-state index contributed by atoms with van der Waals surface area (Å²) in [6.45, 7) is 4.35. The van der Waals surface area contributed by atoms with E-state index in [0.29, 0.717) is 5.02 Å². The van der Waals surface area contributed by atoms with Crippen LogP contribution >= 0.6 is 11.6 Å². The van der Waals surface area contributed by atoms with Crippen LogP contribution in [0, 0.1) is 0 Å². The van der Waals surface area contributed by atoms with Crippen molar-refractivity contribution in [3.8, 4) is 0 Å². The molecule has 0 bridgehead atoms. The third kappa shape index (κ3) is 3.97. The van der Waals surface area contributed by atoms with Gasteiger partial charge >= 0.3 is 0 Å². The Morgan fingerprint density at radius 3 is 2.60 bits per heavy atom. The van der Waals surface area contributed by atoms with Crippen LogP contribution in [0.15, 0.2) is 42.7 Å². The number of anilines is 1. The molecule has 0 saturated heterocycles. The fraction of sp³-hybridized carbons (Fsp3) is 0.353. The lowest BCUT2D eigenvalue weighted by Crippen LogP contribution is -2.07. The molecule has 1 aromatic carbocycles. The number of hydrogen-bond donors (Lipinski definition) is 1. The summed E-state index contributed by atoms with van der Waals surface area (Å²) < 4.78 is 0. The van der Waals surface area contributed by atoms with Crippen molar-refractivity contribution in [3.05, 3.63) is 58.9 Å². The SMILES string of the molecule is CCCCc1ccc(C(C)Nc2cnccc2Cl)cc1. The minimum atomic E-state index is 0.205. The number of nitrogens with zero attached hydrogens (tertiary/aromatic N) is 1. The first-order chi connectivity index (χ1) is 9.70. The van der Waals surface area contributed by atoms with E-state index in [1.54, 1.807) is 18.5 Å². The van der Waals surface area contributed by atoms with Crippen molar-refractivity contribution in [1.82, 2.24) is 4.98 Å². The first kappa shape index (κ1) is 14.9. The summed E-state index contributed by atoms with van der Waals surface area (Å²) in [5.41, 5.74) is 3.53. The predicted octanol–water partition coefficient (Wildman–Crippen LogP) is 5.25. The molecule has 106 valence electrons. The Kier molecular flexibility index (Phi) is 5.42. The largest absolute Gasteiger partial charge is 0.376 e. The molecule has 2 rings (SSSR count). The van der Waals surface area contributed by atoms with Crippen molar-refractivity contribution in [2.75, 3.05) is 5.32 Å². The fourth-order valence-corrected chi connectivity index (χ4v) is 2.31. The van der Waals surface area contributed by atoms with Crippen LogP contribution in [0.3, 0.4) is 0 Å². The molecule has 20 heavy (non-hydrogen) atoms. The third-order valence-electron chi connectivity index (χ3n) is 3.44. The Labute approximate surface area is 126 Å². The average Bonchev–Trinajstić information content (AvgIpc) is 2.48. The normalized spacial score (nSPS) is 12.2. The summed E-state index contributed by atoms with van der Waals surface area (Å²) in [5.74, 6) is 0. The smallest absolute Gasteiger partial charge is 0.0720 e. The summed E-state index contributed by atoms with van der Waals surface area (Å²) in [5, 5.41) is 4.10. The summed E-state index contributed by atoms with van der Waals surface area (Å²) >= 11 is 6.14. The molecule has 0 radical (unpaired) electrons. The number of rotatable bonds is 6. The van der Waals surface area contributed by atoms with Gasteiger partial charge in [-0.05, 0) is 37.0 Å². The van der Waals surface area contributed by atoms with Gasteiger partial charge in [0, 0.05) is 12.2 Å². The maximum Gasteiger partial charge on any atom is 0.0720 e. The van der Waals surface area contributed by atoms with E-state index < -0.39 is 0 Å². The van der Waals surface area contributed by atoms with Gasteiger partial charge in [-0.3, -0.25) is 4.98 Å². The van der Waals surface area contributed by atoms with E-state index in [4.69, 9.17) is 11.6 Å². The molecule has 2 nitrogen and oxygen atoms in total. The number of unbranched alkanes of at least 4 members (excludes halogenated alkanes) is 1. The molecule has 0 aliphatic carbocycles. The number of aromatic nitrogens is 1. The Morgan fingerprint density at radius 1 is 1.20 bits per heavy atom. The van der Waals surface area contributed by atoms with Crippen LogP contribution in [0.4, 0.5) is 5.69 Å². The third-order valence-corrected chi connectivity index (χ3v) is 3.77. The summed E-state index contributed by atoms with van der Waals surface area (Å²) in [6.07, 6.45) is 7.10. The average molecular weight is 289 g/mol. The van der Waals surface area contributed by atoms with Crippen LogP contribution in [-0.2, 0) is 6.42 Å². The van der Waals surface area contributed by atoms with E-state index in [9.17, 15) is 0 Å². The fourth-order valence-electron chi connectivity index (χ4n) is 2.15. The van der Waals surface area contributed by atoms with Gasteiger partial charge in [0.25, 0.3) is 0 Å². The van der Waals surface area contributed by atoms with Crippen LogP contribution < -0.4 is 5.32 Å². The Balaban J connectivity index is 2.02. The van der Waals surface area contributed by atoms with E-state index in [1.165, 1.54) is 24.0 Å². The highest BCUT2D eigenvalue weighted by Crippen LogP contribution is 2.25. The zero-order valence-electron chi connectivity index (χ0n) is 12.1. The molecule has 3 heteroatoms. The van der Waals surface area contributed by atoms with E-state index in [1.807, 2.05) is 0 Å². The molecule has 1 N–H and O–H groups in total. The van der Waals surface area contributed by atoms with Crippen LogP contribution in [0.2, 0.25) is 5.02 Å². The molecule has 1 unspecified atom stereocenters. The number of nitrogens with one attached hydrogen (secondary N) is 1. The lowest BCUT2D eigenvalue weighted by atomic mass is 10.0. The monoisotopic (exact) mass is 288 g/mol. The standard InChI is InChI=1S/C17H21ClN2/c1-3-4-5-14-6-8-15(9-7-14)13(2)20-17-12-19-11-10-16(17)18/h6-13,20H,3-5H2,1-2H3. The molecule has 0 aliphatic rings. The Morgan fingerprint density at radius 2 is 1.95 bits per heavy atom. The van der Waals surface area contributed by atoms with E-state index >= 15 is 0 Å². The molecule has 1 atom stereocenters. The molecular weight excluding hydrogens is 268 g/mol. The van der Waals surface area contributed by atoms with Crippen molar-refractivity contribution in [2.45, 2.75) is 39.2 Å². The predicted molar refractivity (Wildman–Crippen MR) is 86.3 cm³/mol. The van der Waals surface area contributed by atoms with Crippen molar-refractivity contribution in [3.63, 3.8) is 0 Å². The number of benzene rings is 1. The van der Waals surface area contributed by atoms with Crippen molar-refractivity contribution in [1.29, 1.82) is 0 Å². The van der Waals surface area contributed by atoms with Gasteiger partial charge in [-0.1, -0.05) is 49.2 Å². The molecule has 1 aromatic heterocycles. The van der Waals surface area contributed by atoms with Crippen LogP contribution in [-0.4, -0.2) is 4.98 Å². The first-order valence-corrected chi connectivity index (χ1v) is 7.53. The zero-order chi connectivity index (χ0) is 14.4. The van der Waals surface area contributed by atoms with E-state index in [2.05, 4.69) is 48.4 Å². The molecule has 0 amide bonds. The molecule has 0 spiro atoms. The molecular formula is C17H21ClN2. The van der Waals surface area contributed by atoms with Gasteiger partial charge in [0.15, 0.2) is 0 Å². The van der Waals surface area contributed by atoms with Gasteiger partial charge in [0.05, 0.1) is 16.9 Å². The van der Waals surface area contributed by atoms with Gasteiger partial charge in [-0.15, -0.1) is 0 Å². The number of halogens is 1. The van der Waals surface area contributed by atoms with Crippen LogP contribution in [0.5, 0.6) is 0 Å². The van der Waals surface area contributed by atoms with Gasteiger partial charge in [0.2, 0.25) is 0 Å². The summed E-state index contributed by atoms with van der Waals surface area (Å²) in [6, 6.07) is 10.8. The number of aryl methyl sites for hydroxylation is 1. The van der Waals surface area contributed by atoms with Crippen molar-refractivity contribution >= 4 is 17.3 Å².